The molecule has 1 saturated heterocycles. The first kappa shape index (κ1) is 17.1. The van der Waals surface area contributed by atoms with Crippen molar-refractivity contribution in [2.24, 2.45) is 0 Å². The van der Waals surface area contributed by atoms with E-state index in [0.29, 0.717) is 6.54 Å². The lowest BCUT2D eigenvalue weighted by Gasteiger charge is -2.33. The number of carbonyl (C=O) groups excluding carboxylic acids is 1. The number of ether oxygens (including phenoxy) is 1. The fourth-order valence-electron chi connectivity index (χ4n) is 3.14. The van der Waals surface area contributed by atoms with E-state index in [0.717, 1.165) is 43.0 Å². The van der Waals surface area contributed by atoms with Gasteiger partial charge in [-0.3, -0.25) is 14.7 Å². The zero-order chi connectivity index (χ0) is 16.9. The maximum atomic E-state index is 12.7. The Morgan fingerprint density at radius 1 is 1.33 bits per heavy atom. The molecule has 6 heteroatoms. The molecule has 0 aliphatic carbocycles. The topological polar surface area (TPSA) is 54.5 Å². The Morgan fingerprint density at radius 3 is 2.67 bits per heavy atom. The van der Waals surface area contributed by atoms with E-state index in [4.69, 9.17) is 4.74 Å². The van der Waals surface area contributed by atoms with Crippen molar-refractivity contribution in [3.63, 3.8) is 0 Å². The molecule has 0 spiro atoms. The van der Waals surface area contributed by atoms with Gasteiger partial charge in [0.15, 0.2) is 0 Å². The van der Waals surface area contributed by atoms with Crippen LogP contribution in [-0.4, -0.2) is 48.6 Å². The summed E-state index contributed by atoms with van der Waals surface area (Å²) in [5, 5.41) is 3.12. The molecule has 2 heterocycles. The zero-order valence-electron chi connectivity index (χ0n) is 14.1. The molecule has 1 N–H and O–H groups in total. The summed E-state index contributed by atoms with van der Waals surface area (Å²) in [4.78, 5) is 20.4. The quantitative estimate of drug-likeness (QED) is 0.905. The van der Waals surface area contributed by atoms with Gasteiger partial charge < -0.3 is 10.1 Å². The molecule has 24 heavy (non-hydrogen) atoms. The number of aryl methyl sites for hydroxylation is 2. The van der Waals surface area contributed by atoms with Gasteiger partial charge in [0.25, 0.3) is 5.91 Å². The Morgan fingerprint density at radius 2 is 2.04 bits per heavy atom. The fourth-order valence-corrected chi connectivity index (χ4v) is 3.89. The third kappa shape index (κ3) is 3.83. The van der Waals surface area contributed by atoms with Crippen molar-refractivity contribution in [1.29, 1.82) is 0 Å². The number of rotatable bonds is 5. The molecule has 1 unspecified atom stereocenters. The minimum Gasteiger partial charge on any atom is -0.379 e. The Balaban J connectivity index is 1.72. The summed E-state index contributed by atoms with van der Waals surface area (Å²) in [5.74, 6) is -0.00613. The summed E-state index contributed by atoms with van der Waals surface area (Å²) in [6.07, 6.45) is 1.90. The highest BCUT2D eigenvalue weighted by atomic mass is 32.1. The van der Waals surface area contributed by atoms with Crippen LogP contribution in [0.5, 0.6) is 0 Å². The van der Waals surface area contributed by atoms with Crippen LogP contribution in [0.2, 0.25) is 0 Å². The van der Waals surface area contributed by atoms with Crippen molar-refractivity contribution in [2.75, 3.05) is 32.8 Å². The summed E-state index contributed by atoms with van der Waals surface area (Å²) in [6, 6.07) is 6.08. The molecule has 1 aliphatic rings. The molecule has 1 atom stereocenters. The summed E-state index contributed by atoms with van der Waals surface area (Å²) in [5.41, 5.74) is 4.64. The van der Waals surface area contributed by atoms with Crippen LogP contribution in [0.4, 0.5) is 0 Å². The maximum Gasteiger partial charge on any atom is 0.251 e. The van der Waals surface area contributed by atoms with E-state index in [9.17, 15) is 4.79 Å². The number of nitrogens with zero attached hydrogens (tertiary/aromatic N) is 2. The molecule has 1 aromatic heterocycles. The monoisotopic (exact) mass is 345 g/mol. The average Bonchev–Trinajstić information content (AvgIpc) is 3.10. The first-order valence-corrected chi connectivity index (χ1v) is 9.09. The van der Waals surface area contributed by atoms with Crippen molar-refractivity contribution in [2.45, 2.75) is 19.9 Å². The van der Waals surface area contributed by atoms with Crippen molar-refractivity contribution < 1.29 is 9.53 Å². The molecule has 128 valence electrons. The molecule has 1 amide bonds. The lowest BCUT2D eigenvalue weighted by Crippen LogP contribution is -2.43. The molecular formula is C18H23N3O2S. The SMILES string of the molecule is Cc1cccc(C)c1C(=O)NCC(c1cncs1)N1CCOCC1. The average molecular weight is 345 g/mol. The van der Waals surface area contributed by atoms with Gasteiger partial charge >= 0.3 is 0 Å². The Kier molecular flexibility index (Phi) is 5.60. The number of morpholine rings is 1. The lowest BCUT2D eigenvalue weighted by molar-refractivity contribution is 0.0169. The van der Waals surface area contributed by atoms with Crippen LogP contribution in [0, 0.1) is 13.8 Å². The highest BCUT2D eigenvalue weighted by Gasteiger charge is 2.25. The zero-order valence-corrected chi connectivity index (χ0v) is 14.9. The number of carbonyl (C=O) groups is 1. The van der Waals surface area contributed by atoms with Gasteiger partial charge in [0, 0.05) is 36.3 Å². The minimum absolute atomic E-state index is 0.00613. The number of thiazole rings is 1. The normalized spacial score (nSPS) is 16.8. The fraction of sp³-hybridized carbons (Fsp3) is 0.444. The van der Waals surface area contributed by atoms with Gasteiger partial charge in [0.05, 0.1) is 24.8 Å². The number of benzene rings is 1. The predicted octanol–water partition coefficient (Wildman–Crippen LogP) is 2.56. The van der Waals surface area contributed by atoms with E-state index < -0.39 is 0 Å². The van der Waals surface area contributed by atoms with E-state index >= 15 is 0 Å². The number of hydrogen-bond donors (Lipinski definition) is 1. The Hall–Kier alpha value is -1.76. The van der Waals surface area contributed by atoms with Crippen LogP contribution in [0.1, 0.15) is 32.4 Å². The molecule has 1 aliphatic heterocycles. The predicted molar refractivity (Wildman–Crippen MR) is 95.5 cm³/mol. The summed E-state index contributed by atoms with van der Waals surface area (Å²) >= 11 is 1.63. The standard InChI is InChI=1S/C18H23N3O2S/c1-13-4-3-5-14(2)17(13)18(22)20-10-15(16-11-19-12-24-16)21-6-8-23-9-7-21/h3-5,11-12,15H,6-10H2,1-2H3,(H,20,22). The number of hydrogen-bond acceptors (Lipinski definition) is 5. The van der Waals surface area contributed by atoms with Gasteiger partial charge in [-0.2, -0.15) is 0 Å². The highest BCUT2D eigenvalue weighted by Crippen LogP contribution is 2.24. The van der Waals surface area contributed by atoms with Crippen molar-refractivity contribution in [3.05, 3.63) is 51.5 Å². The first-order chi connectivity index (χ1) is 11.7. The van der Waals surface area contributed by atoms with Gasteiger partial charge in [0.2, 0.25) is 0 Å². The molecule has 0 radical (unpaired) electrons. The van der Waals surface area contributed by atoms with Gasteiger partial charge in [-0.15, -0.1) is 11.3 Å². The third-order valence-corrected chi connectivity index (χ3v) is 5.31. The van der Waals surface area contributed by atoms with Crippen molar-refractivity contribution in [3.8, 4) is 0 Å². The van der Waals surface area contributed by atoms with E-state index in [2.05, 4.69) is 15.2 Å². The van der Waals surface area contributed by atoms with Gasteiger partial charge in [-0.25, -0.2) is 0 Å². The number of amides is 1. The van der Waals surface area contributed by atoms with Crippen LogP contribution in [0.15, 0.2) is 29.9 Å². The van der Waals surface area contributed by atoms with Crippen molar-refractivity contribution >= 4 is 17.2 Å². The second kappa shape index (κ2) is 7.88. The van der Waals surface area contributed by atoms with E-state index in [1.54, 1.807) is 11.3 Å². The van der Waals surface area contributed by atoms with Crippen LogP contribution in [0.25, 0.3) is 0 Å². The van der Waals surface area contributed by atoms with E-state index in [-0.39, 0.29) is 11.9 Å². The molecule has 0 saturated carbocycles. The molecule has 2 aromatic rings. The second-order valence-electron chi connectivity index (χ2n) is 6.04. The molecule has 0 bridgehead atoms. The number of nitrogens with one attached hydrogen (secondary N) is 1. The highest BCUT2D eigenvalue weighted by molar-refractivity contribution is 7.09. The second-order valence-corrected chi connectivity index (χ2v) is 6.96. The lowest BCUT2D eigenvalue weighted by atomic mass is 10.0. The smallest absolute Gasteiger partial charge is 0.251 e. The minimum atomic E-state index is -0.00613. The van der Waals surface area contributed by atoms with Gasteiger partial charge in [-0.05, 0) is 25.0 Å². The summed E-state index contributed by atoms with van der Waals surface area (Å²) in [6.45, 7) is 7.76. The van der Waals surface area contributed by atoms with Crippen molar-refractivity contribution in [1.82, 2.24) is 15.2 Å². The number of aromatic nitrogens is 1. The van der Waals surface area contributed by atoms with Gasteiger partial charge in [0.1, 0.15) is 0 Å². The van der Waals surface area contributed by atoms with Crippen LogP contribution >= 0.6 is 11.3 Å². The maximum absolute atomic E-state index is 12.7. The molecule has 5 nitrogen and oxygen atoms in total. The first-order valence-electron chi connectivity index (χ1n) is 8.21. The van der Waals surface area contributed by atoms with Crippen LogP contribution in [0.3, 0.4) is 0 Å². The summed E-state index contributed by atoms with van der Waals surface area (Å²) in [7, 11) is 0. The third-order valence-electron chi connectivity index (χ3n) is 4.43. The molecule has 1 fully saturated rings. The Labute approximate surface area is 146 Å². The van der Waals surface area contributed by atoms with Crippen LogP contribution < -0.4 is 5.32 Å². The van der Waals surface area contributed by atoms with E-state index in [1.165, 1.54) is 4.88 Å². The van der Waals surface area contributed by atoms with Crippen LogP contribution in [-0.2, 0) is 4.74 Å². The molecule has 1 aromatic carbocycles. The Bertz CT molecular complexity index is 661. The largest absolute Gasteiger partial charge is 0.379 e. The van der Waals surface area contributed by atoms with E-state index in [1.807, 2.05) is 43.8 Å². The molecular weight excluding hydrogens is 322 g/mol. The molecule has 3 rings (SSSR count). The summed E-state index contributed by atoms with van der Waals surface area (Å²) < 4.78 is 5.45. The van der Waals surface area contributed by atoms with Gasteiger partial charge in [-0.1, -0.05) is 18.2 Å².